The zero-order chi connectivity index (χ0) is 20.1. The van der Waals surface area contributed by atoms with Crippen molar-refractivity contribution in [3.05, 3.63) is 69.8 Å². The number of hydrogen-bond donors (Lipinski definition) is 1. The molecule has 1 aliphatic heterocycles. The Morgan fingerprint density at radius 2 is 2.04 bits per heavy atom. The van der Waals surface area contributed by atoms with Gasteiger partial charge in [0, 0.05) is 17.9 Å². The summed E-state index contributed by atoms with van der Waals surface area (Å²) in [7, 11) is 0. The Kier molecular flexibility index (Phi) is 6.15. The van der Waals surface area contributed by atoms with E-state index in [9.17, 15) is 19.7 Å². The Hall–Kier alpha value is -3.07. The van der Waals surface area contributed by atoms with E-state index >= 15 is 0 Å². The molecule has 28 heavy (non-hydrogen) atoms. The molecule has 8 nitrogen and oxygen atoms in total. The van der Waals surface area contributed by atoms with Gasteiger partial charge in [-0.15, -0.1) is 11.8 Å². The van der Waals surface area contributed by atoms with Gasteiger partial charge in [-0.25, -0.2) is 4.79 Å². The first-order chi connectivity index (χ1) is 13.5. The number of hydrogen-bond acceptors (Lipinski definition) is 6. The zero-order valence-electron chi connectivity index (χ0n) is 15.2. The SMILES string of the molecule is Cc1ccc([N+](=O)[O-])cc1NC(=O)[C@@H]1CSCN1C(=O)OCc1ccccc1. The summed E-state index contributed by atoms with van der Waals surface area (Å²) in [5.74, 6) is 0.380. The number of nitro groups is 1. The van der Waals surface area contributed by atoms with E-state index in [0.717, 1.165) is 5.56 Å². The molecule has 1 N–H and O–H groups in total. The largest absolute Gasteiger partial charge is 0.445 e. The van der Waals surface area contributed by atoms with Gasteiger partial charge in [0.25, 0.3) is 5.69 Å². The predicted octanol–water partition coefficient (Wildman–Crippen LogP) is 3.55. The molecule has 0 radical (unpaired) electrons. The molecule has 0 aromatic heterocycles. The van der Waals surface area contributed by atoms with Crippen LogP contribution in [0.5, 0.6) is 0 Å². The number of thioether (sulfide) groups is 1. The fourth-order valence-corrected chi connectivity index (χ4v) is 3.86. The van der Waals surface area contributed by atoms with Crippen molar-refractivity contribution in [2.45, 2.75) is 19.6 Å². The highest BCUT2D eigenvalue weighted by atomic mass is 32.2. The molecule has 1 aliphatic rings. The topological polar surface area (TPSA) is 102 Å². The van der Waals surface area contributed by atoms with E-state index in [2.05, 4.69) is 5.32 Å². The second-order valence-corrected chi connectivity index (χ2v) is 7.27. The maximum absolute atomic E-state index is 12.7. The highest BCUT2D eigenvalue weighted by molar-refractivity contribution is 7.99. The minimum atomic E-state index is -0.702. The van der Waals surface area contributed by atoms with Crippen LogP contribution in [0.15, 0.2) is 48.5 Å². The van der Waals surface area contributed by atoms with Crippen LogP contribution in [-0.4, -0.2) is 39.5 Å². The number of carbonyl (C=O) groups is 2. The van der Waals surface area contributed by atoms with E-state index in [-0.39, 0.29) is 12.3 Å². The summed E-state index contributed by atoms with van der Waals surface area (Å²) in [5.41, 5.74) is 1.80. The first-order valence-electron chi connectivity index (χ1n) is 8.56. The van der Waals surface area contributed by atoms with Crippen LogP contribution >= 0.6 is 11.8 Å². The number of aryl methyl sites for hydroxylation is 1. The van der Waals surface area contributed by atoms with Crippen molar-refractivity contribution in [2.24, 2.45) is 0 Å². The third-order valence-electron chi connectivity index (χ3n) is 4.31. The van der Waals surface area contributed by atoms with Gasteiger partial charge in [0.2, 0.25) is 5.91 Å². The van der Waals surface area contributed by atoms with Gasteiger partial charge < -0.3 is 10.1 Å². The maximum atomic E-state index is 12.7. The Bertz CT molecular complexity index is 890. The number of nitrogens with zero attached hydrogens (tertiary/aromatic N) is 2. The minimum absolute atomic E-state index is 0.110. The van der Waals surface area contributed by atoms with Crippen molar-refractivity contribution in [2.75, 3.05) is 16.9 Å². The van der Waals surface area contributed by atoms with Crippen LogP contribution in [0, 0.1) is 17.0 Å². The van der Waals surface area contributed by atoms with E-state index in [1.807, 2.05) is 30.3 Å². The summed E-state index contributed by atoms with van der Waals surface area (Å²) < 4.78 is 5.32. The third-order valence-corrected chi connectivity index (χ3v) is 5.33. The summed E-state index contributed by atoms with van der Waals surface area (Å²) in [5, 5.41) is 13.7. The van der Waals surface area contributed by atoms with Crippen LogP contribution in [0.1, 0.15) is 11.1 Å². The number of nitrogens with one attached hydrogen (secondary N) is 1. The van der Waals surface area contributed by atoms with Gasteiger partial charge in [-0.1, -0.05) is 36.4 Å². The number of amides is 2. The van der Waals surface area contributed by atoms with Crippen molar-refractivity contribution in [3.63, 3.8) is 0 Å². The average molecular weight is 401 g/mol. The van der Waals surface area contributed by atoms with Crippen LogP contribution < -0.4 is 5.32 Å². The maximum Gasteiger partial charge on any atom is 0.411 e. The zero-order valence-corrected chi connectivity index (χ0v) is 16.0. The van der Waals surface area contributed by atoms with Gasteiger partial charge in [-0.3, -0.25) is 19.8 Å². The van der Waals surface area contributed by atoms with Crippen LogP contribution in [-0.2, 0) is 16.1 Å². The average Bonchev–Trinajstić information content (AvgIpc) is 3.18. The number of rotatable bonds is 5. The van der Waals surface area contributed by atoms with Crippen LogP contribution in [0.3, 0.4) is 0 Å². The van der Waals surface area contributed by atoms with Gasteiger partial charge in [0.05, 0.1) is 16.5 Å². The van der Waals surface area contributed by atoms with Gasteiger partial charge in [0.15, 0.2) is 0 Å². The number of benzene rings is 2. The Morgan fingerprint density at radius 3 is 2.75 bits per heavy atom. The van der Waals surface area contributed by atoms with E-state index in [4.69, 9.17) is 4.74 Å². The second kappa shape index (κ2) is 8.75. The van der Waals surface area contributed by atoms with Gasteiger partial charge in [-0.2, -0.15) is 0 Å². The van der Waals surface area contributed by atoms with Crippen molar-refractivity contribution < 1.29 is 19.2 Å². The lowest BCUT2D eigenvalue weighted by molar-refractivity contribution is -0.384. The Morgan fingerprint density at radius 1 is 1.29 bits per heavy atom. The number of ether oxygens (including phenoxy) is 1. The van der Waals surface area contributed by atoms with E-state index in [1.54, 1.807) is 13.0 Å². The normalized spacial score (nSPS) is 15.9. The van der Waals surface area contributed by atoms with Crippen LogP contribution in [0.4, 0.5) is 16.2 Å². The van der Waals surface area contributed by atoms with Crippen LogP contribution in [0.2, 0.25) is 0 Å². The summed E-state index contributed by atoms with van der Waals surface area (Å²) in [4.78, 5) is 36.9. The van der Waals surface area contributed by atoms with E-state index in [1.165, 1.54) is 28.8 Å². The van der Waals surface area contributed by atoms with Crippen LogP contribution in [0.25, 0.3) is 0 Å². The molecular formula is C19H19N3O5S. The van der Waals surface area contributed by atoms with Crippen molar-refractivity contribution in [1.29, 1.82) is 0 Å². The fraction of sp³-hybridized carbons (Fsp3) is 0.263. The molecule has 9 heteroatoms. The summed E-state index contributed by atoms with van der Waals surface area (Å²) in [6.45, 7) is 1.87. The van der Waals surface area contributed by atoms with E-state index in [0.29, 0.717) is 22.9 Å². The standard InChI is InChI=1S/C19H19N3O5S/c1-13-7-8-15(22(25)26)9-16(13)20-18(23)17-11-28-12-21(17)19(24)27-10-14-5-3-2-4-6-14/h2-9,17H,10-12H2,1H3,(H,20,23)/t17-/m0/s1. The number of nitro benzene ring substituents is 1. The third kappa shape index (κ3) is 4.61. The van der Waals surface area contributed by atoms with E-state index < -0.39 is 23.0 Å². The van der Waals surface area contributed by atoms with Gasteiger partial charge in [0.1, 0.15) is 12.6 Å². The molecular weight excluding hydrogens is 382 g/mol. The monoisotopic (exact) mass is 401 g/mol. The lowest BCUT2D eigenvalue weighted by Gasteiger charge is -2.22. The summed E-state index contributed by atoms with van der Waals surface area (Å²) in [6, 6.07) is 12.8. The molecule has 1 heterocycles. The first-order valence-corrected chi connectivity index (χ1v) is 9.72. The number of anilines is 1. The molecule has 3 rings (SSSR count). The predicted molar refractivity (Wildman–Crippen MR) is 106 cm³/mol. The molecule has 0 bridgehead atoms. The van der Waals surface area contributed by atoms with Crippen molar-refractivity contribution >= 4 is 35.1 Å². The Labute approximate surface area is 166 Å². The highest BCUT2D eigenvalue weighted by Gasteiger charge is 2.36. The molecule has 0 aliphatic carbocycles. The molecule has 0 saturated carbocycles. The quantitative estimate of drug-likeness (QED) is 0.607. The molecule has 0 unspecified atom stereocenters. The number of non-ortho nitro benzene ring substituents is 1. The molecule has 1 fully saturated rings. The molecule has 0 spiro atoms. The minimum Gasteiger partial charge on any atom is -0.445 e. The summed E-state index contributed by atoms with van der Waals surface area (Å²) in [6.07, 6.45) is -0.565. The molecule has 146 valence electrons. The lowest BCUT2D eigenvalue weighted by Crippen LogP contribution is -2.44. The smallest absolute Gasteiger partial charge is 0.411 e. The molecule has 1 atom stereocenters. The molecule has 2 amide bonds. The van der Waals surface area contributed by atoms with Crippen molar-refractivity contribution in [1.82, 2.24) is 4.90 Å². The lowest BCUT2D eigenvalue weighted by atomic mass is 10.1. The summed E-state index contributed by atoms with van der Waals surface area (Å²) >= 11 is 1.45. The molecule has 2 aromatic carbocycles. The molecule has 1 saturated heterocycles. The van der Waals surface area contributed by atoms with Gasteiger partial charge >= 0.3 is 6.09 Å². The highest BCUT2D eigenvalue weighted by Crippen LogP contribution is 2.26. The van der Waals surface area contributed by atoms with Crippen molar-refractivity contribution in [3.8, 4) is 0 Å². The number of carbonyl (C=O) groups excluding carboxylic acids is 2. The fourth-order valence-electron chi connectivity index (χ4n) is 2.72. The Balaban J connectivity index is 1.65. The van der Waals surface area contributed by atoms with Gasteiger partial charge in [-0.05, 0) is 18.1 Å². The molecule has 2 aromatic rings. The first kappa shape index (κ1) is 19.7. The second-order valence-electron chi connectivity index (χ2n) is 6.27.